The van der Waals surface area contributed by atoms with Gasteiger partial charge in [0.1, 0.15) is 0 Å². The van der Waals surface area contributed by atoms with E-state index in [1.54, 1.807) is 0 Å². The molecule has 2 N–H and O–H groups in total. The SMILES string of the molecule is O=CC(O)(O)P(=O)(OCC(F)(F)F)OCC(F)(F)F. The molecule has 0 heterocycles. The van der Waals surface area contributed by atoms with Gasteiger partial charge in [-0.15, -0.1) is 0 Å². The van der Waals surface area contributed by atoms with E-state index in [0.29, 0.717) is 0 Å². The maximum Gasteiger partial charge on any atom is 0.412 e. The van der Waals surface area contributed by atoms with Gasteiger partial charge in [-0.25, -0.2) is 0 Å². The number of carbonyl (C=O) groups is 1. The van der Waals surface area contributed by atoms with Crippen molar-refractivity contribution >= 4 is 13.9 Å². The Balaban J connectivity index is 5.05. The number of halogens is 6. The minimum atomic E-state index is -5.81. The molecule has 0 saturated heterocycles. The number of hydrogen-bond donors (Lipinski definition) is 2. The zero-order chi connectivity index (χ0) is 15.5. The third kappa shape index (κ3) is 6.34. The summed E-state index contributed by atoms with van der Waals surface area (Å²) in [6, 6.07) is 0. The van der Waals surface area contributed by atoms with Crippen molar-refractivity contribution in [2.75, 3.05) is 13.2 Å². The highest BCUT2D eigenvalue weighted by Crippen LogP contribution is 2.57. The third-order valence-electron chi connectivity index (χ3n) is 1.36. The zero-order valence-electron chi connectivity index (χ0n) is 8.73. The van der Waals surface area contributed by atoms with Gasteiger partial charge in [0.15, 0.2) is 19.5 Å². The molecular weight excluding hydrogens is 313 g/mol. The Morgan fingerprint density at radius 1 is 0.947 bits per heavy atom. The van der Waals surface area contributed by atoms with Crippen LogP contribution in [0.5, 0.6) is 0 Å². The van der Waals surface area contributed by atoms with Crippen molar-refractivity contribution in [3.63, 3.8) is 0 Å². The fraction of sp³-hybridized carbons (Fsp3) is 0.833. The van der Waals surface area contributed by atoms with E-state index in [1.165, 1.54) is 0 Å². The van der Waals surface area contributed by atoms with Crippen molar-refractivity contribution in [1.82, 2.24) is 0 Å². The van der Waals surface area contributed by atoms with Crippen LogP contribution < -0.4 is 0 Å². The molecule has 19 heavy (non-hydrogen) atoms. The van der Waals surface area contributed by atoms with Crippen LogP contribution in [0.4, 0.5) is 26.3 Å². The molecule has 13 heteroatoms. The van der Waals surface area contributed by atoms with Crippen molar-refractivity contribution in [2.45, 2.75) is 17.9 Å². The van der Waals surface area contributed by atoms with Crippen LogP contribution >= 0.6 is 7.60 Å². The second-order valence-electron chi connectivity index (χ2n) is 3.08. The monoisotopic (exact) mass is 320 g/mol. The Bertz CT molecular complexity index is 340. The zero-order valence-corrected chi connectivity index (χ0v) is 9.63. The Kier molecular flexibility index (Phi) is 5.55. The normalized spacial score (nSPS) is 14.5. The Morgan fingerprint density at radius 2 is 1.26 bits per heavy atom. The van der Waals surface area contributed by atoms with Crippen LogP contribution in [-0.2, 0) is 18.4 Å². The molecule has 0 spiro atoms. The van der Waals surface area contributed by atoms with Crippen molar-refractivity contribution in [1.29, 1.82) is 0 Å². The lowest BCUT2D eigenvalue weighted by Gasteiger charge is -2.26. The van der Waals surface area contributed by atoms with Crippen molar-refractivity contribution in [3.8, 4) is 0 Å². The number of aliphatic hydroxyl groups is 2. The average Bonchev–Trinajstić information content (AvgIpc) is 2.21. The average molecular weight is 320 g/mol. The molecule has 0 aliphatic rings. The van der Waals surface area contributed by atoms with Gasteiger partial charge >= 0.3 is 25.5 Å². The Hall–Kier alpha value is -0.680. The molecule has 0 aromatic carbocycles. The van der Waals surface area contributed by atoms with Gasteiger partial charge in [0.05, 0.1) is 0 Å². The molecule has 0 saturated carbocycles. The quantitative estimate of drug-likeness (QED) is 0.330. The van der Waals surface area contributed by atoms with Gasteiger partial charge in [-0.05, 0) is 0 Å². The molecule has 0 amide bonds. The van der Waals surface area contributed by atoms with E-state index in [1.807, 2.05) is 0 Å². The first kappa shape index (κ1) is 18.3. The van der Waals surface area contributed by atoms with Crippen LogP contribution in [0.1, 0.15) is 0 Å². The van der Waals surface area contributed by atoms with Crippen LogP contribution in [0.25, 0.3) is 0 Å². The summed E-state index contributed by atoms with van der Waals surface area (Å²) in [4.78, 5) is 10.1. The second-order valence-corrected chi connectivity index (χ2v) is 5.25. The van der Waals surface area contributed by atoms with E-state index in [-0.39, 0.29) is 0 Å². The van der Waals surface area contributed by atoms with Crippen molar-refractivity contribution in [3.05, 3.63) is 0 Å². The summed E-state index contributed by atoms with van der Waals surface area (Å²) in [7, 11) is -5.81. The van der Waals surface area contributed by atoms with Crippen LogP contribution in [0.15, 0.2) is 0 Å². The molecule has 0 aliphatic heterocycles. The first-order valence-corrected chi connectivity index (χ1v) is 5.70. The predicted octanol–water partition coefficient (Wildman–Crippen LogP) is 1.17. The lowest BCUT2D eigenvalue weighted by molar-refractivity contribution is -0.179. The van der Waals surface area contributed by atoms with E-state index in [4.69, 9.17) is 10.2 Å². The first-order valence-electron chi connectivity index (χ1n) is 4.16. The minimum Gasteiger partial charge on any atom is -0.350 e. The first-order chi connectivity index (χ1) is 8.22. The molecular formula is C6H7F6O6P. The molecule has 0 radical (unpaired) electrons. The fourth-order valence-corrected chi connectivity index (χ4v) is 1.82. The highest BCUT2D eigenvalue weighted by molar-refractivity contribution is 7.56. The lowest BCUT2D eigenvalue weighted by Crippen LogP contribution is -2.35. The smallest absolute Gasteiger partial charge is 0.350 e. The van der Waals surface area contributed by atoms with Gasteiger partial charge in [-0.1, -0.05) is 0 Å². The summed E-state index contributed by atoms with van der Waals surface area (Å²) < 4.78 is 88.9. The lowest BCUT2D eigenvalue weighted by atomic mass is 10.7. The predicted molar refractivity (Wildman–Crippen MR) is 44.9 cm³/mol. The molecule has 0 unspecified atom stereocenters. The van der Waals surface area contributed by atoms with Crippen LogP contribution in [-0.4, -0.2) is 47.6 Å². The number of alkyl halides is 6. The van der Waals surface area contributed by atoms with Crippen LogP contribution in [0, 0.1) is 0 Å². The molecule has 0 atom stereocenters. The van der Waals surface area contributed by atoms with E-state index < -0.39 is 45.0 Å². The van der Waals surface area contributed by atoms with E-state index in [0.717, 1.165) is 0 Å². The molecule has 0 rings (SSSR count). The molecule has 0 aromatic heterocycles. The summed E-state index contributed by atoms with van der Waals surface area (Å²) >= 11 is 0. The van der Waals surface area contributed by atoms with Gasteiger partial charge < -0.3 is 10.2 Å². The molecule has 6 nitrogen and oxygen atoms in total. The minimum absolute atomic E-state index is 0.972. The van der Waals surface area contributed by atoms with Gasteiger partial charge in [-0.3, -0.25) is 18.4 Å². The van der Waals surface area contributed by atoms with E-state index in [9.17, 15) is 35.7 Å². The number of carbonyl (C=O) groups excluding carboxylic acids is 1. The van der Waals surface area contributed by atoms with Crippen LogP contribution in [0.3, 0.4) is 0 Å². The maximum atomic E-state index is 11.8. The molecule has 0 fully saturated rings. The standard InChI is InChI=1S/C6H7F6O6P/c7-4(8,9)2-17-19(16,6(14,15)1-13)18-3-5(10,11)12/h1,14-15H,2-3H2. The second kappa shape index (κ2) is 5.75. The number of aldehydes is 1. The van der Waals surface area contributed by atoms with Gasteiger partial charge in [0, 0.05) is 0 Å². The summed E-state index contributed by atoms with van der Waals surface area (Å²) in [5, 5.41) is 17.6. The molecule has 114 valence electrons. The fourth-order valence-electron chi connectivity index (χ4n) is 0.608. The van der Waals surface area contributed by atoms with Crippen molar-refractivity contribution in [2.24, 2.45) is 0 Å². The summed E-state index contributed by atoms with van der Waals surface area (Å²) in [6.45, 7) is -4.81. The highest BCUT2D eigenvalue weighted by atomic mass is 31.2. The largest absolute Gasteiger partial charge is 0.412 e. The molecule has 0 aromatic rings. The van der Waals surface area contributed by atoms with Crippen LogP contribution in [0.2, 0.25) is 0 Å². The van der Waals surface area contributed by atoms with E-state index in [2.05, 4.69) is 9.05 Å². The van der Waals surface area contributed by atoms with Gasteiger partial charge in [-0.2, -0.15) is 26.3 Å². The Labute approximate surface area is 101 Å². The maximum absolute atomic E-state index is 11.8. The van der Waals surface area contributed by atoms with E-state index >= 15 is 0 Å². The number of rotatable bonds is 6. The van der Waals surface area contributed by atoms with Gasteiger partial charge in [0.25, 0.3) is 0 Å². The van der Waals surface area contributed by atoms with Gasteiger partial charge in [0.2, 0.25) is 0 Å². The molecule has 0 bridgehead atoms. The van der Waals surface area contributed by atoms with Crippen molar-refractivity contribution < 1.29 is 55.0 Å². The highest BCUT2D eigenvalue weighted by Gasteiger charge is 2.53. The Morgan fingerprint density at radius 3 is 1.47 bits per heavy atom. The third-order valence-corrected chi connectivity index (χ3v) is 3.21. The summed E-state index contributed by atoms with van der Waals surface area (Å²) in [5.41, 5.74) is -4.14. The summed E-state index contributed by atoms with van der Waals surface area (Å²) in [5.74, 6) is 0. The number of hydrogen-bond acceptors (Lipinski definition) is 6. The molecule has 0 aliphatic carbocycles. The topological polar surface area (TPSA) is 93.1 Å². The summed E-state index contributed by atoms with van der Waals surface area (Å²) in [6.07, 6.45) is -11.3.